The van der Waals surface area contributed by atoms with Crippen LogP contribution in [-0.2, 0) is 0 Å². The van der Waals surface area contributed by atoms with Gasteiger partial charge in [0.15, 0.2) is 5.84 Å². The minimum Gasteiger partial charge on any atom is -0.493 e. The highest BCUT2D eigenvalue weighted by Crippen LogP contribution is 2.28. The standard InChI is InChI=1S/C13H17N3O4/c14-13(15-17)11-7-10(16(18)19)5-6-12(11)20-8-9-3-1-2-4-9/h5-7,9,17H,1-4,8H2,(H2,14,15). The fourth-order valence-electron chi connectivity index (χ4n) is 2.40. The molecule has 0 radical (unpaired) electrons. The van der Waals surface area contributed by atoms with Crippen LogP contribution < -0.4 is 10.5 Å². The fourth-order valence-corrected chi connectivity index (χ4v) is 2.40. The lowest BCUT2D eigenvalue weighted by atomic mass is 10.1. The van der Waals surface area contributed by atoms with E-state index in [9.17, 15) is 10.1 Å². The van der Waals surface area contributed by atoms with Crippen molar-refractivity contribution < 1.29 is 14.9 Å². The number of hydrogen-bond acceptors (Lipinski definition) is 5. The Kier molecular flexibility index (Phi) is 4.39. The summed E-state index contributed by atoms with van der Waals surface area (Å²) in [5.41, 5.74) is 5.66. The SMILES string of the molecule is NC(=NO)c1cc([N+](=O)[O-])ccc1OCC1CCCC1. The summed E-state index contributed by atoms with van der Waals surface area (Å²) in [6.07, 6.45) is 4.68. The van der Waals surface area contributed by atoms with Crippen LogP contribution in [-0.4, -0.2) is 22.6 Å². The first-order chi connectivity index (χ1) is 9.61. The maximum Gasteiger partial charge on any atom is 0.270 e. The number of hydrogen-bond donors (Lipinski definition) is 2. The lowest BCUT2D eigenvalue weighted by Crippen LogP contribution is -2.17. The summed E-state index contributed by atoms with van der Waals surface area (Å²) in [5.74, 6) is 0.707. The molecule has 1 aliphatic rings. The second kappa shape index (κ2) is 6.23. The molecule has 20 heavy (non-hydrogen) atoms. The van der Waals surface area contributed by atoms with Crippen molar-refractivity contribution >= 4 is 11.5 Å². The van der Waals surface area contributed by atoms with E-state index in [2.05, 4.69) is 5.16 Å². The van der Waals surface area contributed by atoms with Gasteiger partial charge in [0.1, 0.15) is 5.75 Å². The van der Waals surface area contributed by atoms with Crippen molar-refractivity contribution in [1.82, 2.24) is 0 Å². The summed E-state index contributed by atoms with van der Waals surface area (Å²) in [6, 6.07) is 4.08. The molecule has 108 valence electrons. The Bertz CT molecular complexity index is 524. The number of benzene rings is 1. The molecule has 7 heteroatoms. The molecule has 0 aliphatic heterocycles. The Morgan fingerprint density at radius 1 is 1.50 bits per heavy atom. The van der Waals surface area contributed by atoms with E-state index in [0.717, 1.165) is 12.8 Å². The van der Waals surface area contributed by atoms with Gasteiger partial charge in [0.05, 0.1) is 17.1 Å². The number of rotatable bonds is 5. The summed E-state index contributed by atoms with van der Waals surface area (Å²) in [4.78, 5) is 10.2. The van der Waals surface area contributed by atoms with Gasteiger partial charge in [-0.1, -0.05) is 18.0 Å². The lowest BCUT2D eigenvalue weighted by Gasteiger charge is -2.14. The molecule has 1 aromatic rings. The number of ether oxygens (including phenoxy) is 1. The first kappa shape index (κ1) is 14.1. The van der Waals surface area contributed by atoms with Gasteiger partial charge in [-0.2, -0.15) is 0 Å². The number of nitro groups is 1. The fraction of sp³-hybridized carbons (Fsp3) is 0.462. The zero-order valence-corrected chi connectivity index (χ0v) is 11.0. The van der Waals surface area contributed by atoms with Crippen LogP contribution in [0.4, 0.5) is 5.69 Å². The molecular weight excluding hydrogens is 262 g/mol. The van der Waals surface area contributed by atoms with Gasteiger partial charge in [0, 0.05) is 12.1 Å². The van der Waals surface area contributed by atoms with Crippen LogP contribution in [0.5, 0.6) is 5.75 Å². The van der Waals surface area contributed by atoms with Crippen molar-refractivity contribution in [2.45, 2.75) is 25.7 Å². The van der Waals surface area contributed by atoms with E-state index < -0.39 is 4.92 Å². The van der Waals surface area contributed by atoms with E-state index >= 15 is 0 Å². The van der Waals surface area contributed by atoms with E-state index in [1.54, 1.807) is 0 Å². The third-order valence-corrected chi connectivity index (χ3v) is 3.51. The molecule has 1 aromatic carbocycles. The van der Waals surface area contributed by atoms with Gasteiger partial charge in [0.2, 0.25) is 0 Å². The average molecular weight is 279 g/mol. The molecule has 0 unspecified atom stereocenters. The highest BCUT2D eigenvalue weighted by atomic mass is 16.6. The van der Waals surface area contributed by atoms with E-state index in [1.165, 1.54) is 31.0 Å². The van der Waals surface area contributed by atoms with Gasteiger partial charge in [-0.15, -0.1) is 0 Å². The Balaban J connectivity index is 2.19. The smallest absolute Gasteiger partial charge is 0.270 e. The van der Waals surface area contributed by atoms with E-state index in [1.807, 2.05) is 0 Å². The number of nitrogens with zero attached hydrogens (tertiary/aromatic N) is 2. The Morgan fingerprint density at radius 2 is 2.20 bits per heavy atom. The van der Waals surface area contributed by atoms with Crippen LogP contribution >= 0.6 is 0 Å². The van der Waals surface area contributed by atoms with Gasteiger partial charge in [-0.3, -0.25) is 10.1 Å². The molecular formula is C13H17N3O4. The first-order valence-electron chi connectivity index (χ1n) is 6.51. The molecule has 0 spiro atoms. The molecule has 1 fully saturated rings. The maximum absolute atomic E-state index is 10.8. The van der Waals surface area contributed by atoms with Crippen LogP contribution in [0.25, 0.3) is 0 Å². The zero-order chi connectivity index (χ0) is 14.5. The van der Waals surface area contributed by atoms with Gasteiger partial charge < -0.3 is 15.7 Å². The molecule has 1 saturated carbocycles. The summed E-state index contributed by atoms with van der Waals surface area (Å²) in [7, 11) is 0. The summed E-state index contributed by atoms with van der Waals surface area (Å²) >= 11 is 0. The molecule has 0 bridgehead atoms. The van der Waals surface area contributed by atoms with Crippen LogP contribution in [0.3, 0.4) is 0 Å². The van der Waals surface area contributed by atoms with Crippen LogP contribution in [0.15, 0.2) is 23.4 Å². The molecule has 3 N–H and O–H groups in total. The summed E-state index contributed by atoms with van der Waals surface area (Å²) < 4.78 is 5.68. The Morgan fingerprint density at radius 3 is 2.80 bits per heavy atom. The largest absolute Gasteiger partial charge is 0.493 e. The Hall–Kier alpha value is -2.31. The van der Waals surface area contributed by atoms with Crippen LogP contribution in [0, 0.1) is 16.0 Å². The predicted molar refractivity (Wildman–Crippen MR) is 73.1 cm³/mol. The highest BCUT2D eigenvalue weighted by molar-refractivity contribution is 6.00. The van der Waals surface area contributed by atoms with Crippen molar-refractivity contribution in [2.24, 2.45) is 16.8 Å². The summed E-state index contributed by atoms with van der Waals surface area (Å²) in [5, 5.41) is 22.4. The third kappa shape index (κ3) is 3.17. The van der Waals surface area contributed by atoms with Crippen molar-refractivity contribution in [3.63, 3.8) is 0 Å². The van der Waals surface area contributed by atoms with Crippen molar-refractivity contribution in [1.29, 1.82) is 0 Å². The molecule has 1 aliphatic carbocycles. The number of oxime groups is 1. The number of nitro benzene ring substituents is 1. The van der Waals surface area contributed by atoms with Gasteiger partial charge in [-0.05, 0) is 24.8 Å². The second-order valence-corrected chi connectivity index (χ2v) is 4.88. The second-order valence-electron chi connectivity index (χ2n) is 4.88. The molecule has 2 rings (SSSR count). The number of amidine groups is 1. The quantitative estimate of drug-likeness (QED) is 0.282. The minimum absolute atomic E-state index is 0.125. The normalized spacial score (nSPS) is 16.3. The van der Waals surface area contributed by atoms with Crippen LogP contribution in [0.1, 0.15) is 31.2 Å². The third-order valence-electron chi connectivity index (χ3n) is 3.51. The summed E-state index contributed by atoms with van der Waals surface area (Å²) in [6.45, 7) is 0.545. The lowest BCUT2D eigenvalue weighted by molar-refractivity contribution is -0.384. The van der Waals surface area contributed by atoms with E-state index in [-0.39, 0.29) is 17.1 Å². The van der Waals surface area contributed by atoms with Gasteiger partial charge in [0.25, 0.3) is 5.69 Å². The predicted octanol–water partition coefficient (Wildman–Crippen LogP) is 2.26. The average Bonchev–Trinajstić information content (AvgIpc) is 2.97. The number of non-ortho nitro benzene ring substituents is 1. The van der Waals surface area contributed by atoms with Crippen LogP contribution in [0.2, 0.25) is 0 Å². The van der Waals surface area contributed by atoms with Crippen molar-refractivity contribution in [3.8, 4) is 5.75 Å². The Labute approximate surface area is 116 Å². The minimum atomic E-state index is -0.533. The molecule has 0 saturated heterocycles. The molecule has 7 nitrogen and oxygen atoms in total. The van der Waals surface area contributed by atoms with Gasteiger partial charge in [-0.25, -0.2) is 0 Å². The number of nitrogens with two attached hydrogens (primary N) is 1. The highest BCUT2D eigenvalue weighted by Gasteiger charge is 2.19. The van der Waals surface area contributed by atoms with Gasteiger partial charge >= 0.3 is 0 Å². The molecule has 0 aromatic heterocycles. The van der Waals surface area contributed by atoms with E-state index in [4.69, 9.17) is 15.7 Å². The maximum atomic E-state index is 10.8. The zero-order valence-electron chi connectivity index (χ0n) is 11.0. The van der Waals surface area contributed by atoms with Crippen molar-refractivity contribution in [2.75, 3.05) is 6.61 Å². The monoisotopic (exact) mass is 279 g/mol. The molecule has 0 amide bonds. The molecule has 0 atom stereocenters. The first-order valence-corrected chi connectivity index (χ1v) is 6.51. The van der Waals surface area contributed by atoms with E-state index in [0.29, 0.717) is 18.3 Å². The molecule has 0 heterocycles. The van der Waals surface area contributed by atoms with Crippen molar-refractivity contribution in [3.05, 3.63) is 33.9 Å². The topological polar surface area (TPSA) is 111 Å².